The Morgan fingerprint density at radius 3 is 2.77 bits per heavy atom. The van der Waals surface area contributed by atoms with Crippen molar-refractivity contribution >= 4 is 11.8 Å². The Balaban J connectivity index is 1.41. The van der Waals surface area contributed by atoms with Gasteiger partial charge < -0.3 is 9.80 Å². The number of rotatable bonds is 3. The maximum absolute atomic E-state index is 12.8. The molecule has 4 rings (SSSR count). The lowest BCUT2D eigenvalue weighted by atomic mass is 10.0. The summed E-state index contributed by atoms with van der Waals surface area (Å²) in [6.45, 7) is 2.16. The van der Waals surface area contributed by atoms with Crippen LogP contribution in [-0.2, 0) is 9.59 Å². The summed E-state index contributed by atoms with van der Waals surface area (Å²) >= 11 is 0. The van der Waals surface area contributed by atoms with Crippen LogP contribution in [0.15, 0.2) is 18.5 Å². The standard InChI is InChI=1S/C16H22N4O2/c21-15-9-12(10-19(15)13-4-5-13)16(22)18-7-1-3-14(11-18)20-8-2-6-17-20/h2,6,8,12-14H,1,3-5,7,9-11H2/t12-,14+/m0/s1. The molecule has 3 heterocycles. The maximum atomic E-state index is 12.8. The van der Waals surface area contributed by atoms with E-state index in [1.54, 1.807) is 6.20 Å². The van der Waals surface area contributed by atoms with Crippen LogP contribution in [0.1, 0.15) is 38.1 Å². The van der Waals surface area contributed by atoms with Crippen LogP contribution in [0.5, 0.6) is 0 Å². The molecule has 0 radical (unpaired) electrons. The molecule has 2 saturated heterocycles. The van der Waals surface area contributed by atoms with Crippen molar-refractivity contribution in [3.05, 3.63) is 18.5 Å². The van der Waals surface area contributed by atoms with Crippen molar-refractivity contribution < 1.29 is 9.59 Å². The molecule has 0 N–H and O–H groups in total. The summed E-state index contributed by atoms with van der Waals surface area (Å²) < 4.78 is 1.95. The molecule has 1 aliphatic carbocycles. The first kappa shape index (κ1) is 13.8. The van der Waals surface area contributed by atoms with Gasteiger partial charge in [-0.3, -0.25) is 14.3 Å². The van der Waals surface area contributed by atoms with E-state index in [0.29, 0.717) is 25.6 Å². The number of carbonyl (C=O) groups is 2. The van der Waals surface area contributed by atoms with Crippen molar-refractivity contribution in [2.75, 3.05) is 19.6 Å². The quantitative estimate of drug-likeness (QED) is 0.839. The van der Waals surface area contributed by atoms with Crippen LogP contribution in [-0.4, -0.2) is 57.1 Å². The zero-order valence-corrected chi connectivity index (χ0v) is 12.7. The van der Waals surface area contributed by atoms with Gasteiger partial charge in [0, 0.05) is 44.5 Å². The molecule has 22 heavy (non-hydrogen) atoms. The molecule has 2 atom stereocenters. The van der Waals surface area contributed by atoms with Crippen LogP contribution in [0, 0.1) is 5.92 Å². The van der Waals surface area contributed by atoms with Crippen molar-refractivity contribution in [2.24, 2.45) is 5.92 Å². The molecule has 0 unspecified atom stereocenters. The van der Waals surface area contributed by atoms with Crippen molar-refractivity contribution in [3.63, 3.8) is 0 Å². The molecular weight excluding hydrogens is 280 g/mol. The Hall–Kier alpha value is -1.85. The summed E-state index contributed by atoms with van der Waals surface area (Å²) in [5.41, 5.74) is 0. The molecule has 6 heteroatoms. The summed E-state index contributed by atoms with van der Waals surface area (Å²) in [7, 11) is 0. The molecule has 0 bridgehead atoms. The fourth-order valence-corrected chi connectivity index (χ4v) is 3.76. The zero-order valence-electron chi connectivity index (χ0n) is 12.7. The number of nitrogens with zero attached hydrogens (tertiary/aromatic N) is 4. The molecule has 2 aliphatic heterocycles. The normalized spacial score (nSPS) is 29.2. The van der Waals surface area contributed by atoms with Crippen LogP contribution >= 0.6 is 0 Å². The first-order valence-electron chi connectivity index (χ1n) is 8.30. The van der Waals surface area contributed by atoms with Gasteiger partial charge in [0.25, 0.3) is 0 Å². The average Bonchev–Trinajstić information content (AvgIpc) is 3.09. The van der Waals surface area contributed by atoms with E-state index in [1.807, 2.05) is 26.7 Å². The van der Waals surface area contributed by atoms with Gasteiger partial charge in [-0.2, -0.15) is 5.10 Å². The number of hydrogen-bond acceptors (Lipinski definition) is 3. The molecule has 1 saturated carbocycles. The lowest BCUT2D eigenvalue weighted by molar-refractivity contribution is -0.137. The van der Waals surface area contributed by atoms with Crippen LogP contribution in [0.4, 0.5) is 0 Å². The smallest absolute Gasteiger partial charge is 0.228 e. The van der Waals surface area contributed by atoms with Crippen molar-refractivity contribution in [3.8, 4) is 0 Å². The van der Waals surface area contributed by atoms with E-state index in [9.17, 15) is 9.59 Å². The number of hydrogen-bond donors (Lipinski definition) is 0. The van der Waals surface area contributed by atoms with E-state index in [-0.39, 0.29) is 23.8 Å². The molecule has 0 spiro atoms. The van der Waals surface area contributed by atoms with Gasteiger partial charge in [0.15, 0.2) is 0 Å². The monoisotopic (exact) mass is 302 g/mol. The first-order valence-corrected chi connectivity index (χ1v) is 8.30. The first-order chi connectivity index (χ1) is 10.7. The summed E-state index contributed by atoms with van der Waals surface area (Å²) in [6.07, 6.45) is 8.43. The van der Waals surface area contributed by atoms with Gasteiger partial charge in [0.2, 0.25) is 11.8 Å². The van der Waals surface area contributed by atoms with Gasteiger partial charge in [-0.15, -0.1) is 0 Å². The minimum absolute atomic E-state index is 0.135. The van der Waals surface area contributed by atoms with Crippen LogP contribution in [0.25, 0.3) is 0 Å². The molecule has 1 aromatic heterocycles. The summed E-state index contributed by atoms with van der Waals surface area (Å²) in [6, 6.07) is 2.61. The van der Waals surface area contributed by atoms with Crippen LogP contribution < -0.4 is 0 Å². The van der Waals surface area contributed by atoms with Gasteiger partial charge >= 0.3 is 0 Å². The van der Waals surface area contributed by atoms with Gasteiger partial charge in [-0.1, -0.05) is 0 Å². The summed E-state index contributed by atoms with van der Waals surface area (Å²) in [5.74, 6) is 0.194. The highest BCUT2D eigenvalue weighted by atomic mass is 16.2. The molecule has 2 amide bonds. The van der Waals surface area contributed by atoms with E-state index >= 15 is 0 Å². The lowest BCUT2D eigenvalue weighted by Gasteiger charge is -2.34. The SMILES string of the molecule is O=C([C@H]1CC(=O)N(C2CC2)C1)N1CCC[C@@H](n2cccn2)C1. The molecule has 3 aliphatic rings. The van der Waals surface area contributed by atoms with Gasteiger partial charge in [-0.25, -0.2) is 0 Å². The average molecular weight is 302 g/mol. The number of aromatic nitrogens is 2. The zero-order chi connectivity index (χ0) is 15.1. The highest BCUT2D eigenvalue weighted by Crippen LogP contribution is 2.33. The Morgan fingerprint density at radius 1 is 1.18 bits per heavy atom. The summed E-state index contributed by atoms with van der Waals surface area (Å²) in [5, 5.41) is 4.30. The molecule has 0 aromatic carbocycles. The second-order valence-corrected chi connectivity index (χ2v) is 6.74. The summed E-state index contributed by atoms with van der Waals surface area (Å²) in [4.78, 5) is 28.7. The fourth-order valence-electron chi connectivity index (χ4n) is 3.76. The second kappa shape index (κ2) is 5.41. The third-order valence-electron chi connectivity index (χ3n) is 5.10. The molecule has 3 fully saturated rings. The van der Waals surface area contributed by atoms with Gasteiger partial charge in [0.05, 0.1) is 12.0 Å². The third-order valence-corrected chi connectivity index (χ3v) is 5.10. The van der Waals surface area contributed by atoms with E-state index in [2.05, 4.69) is 5.10 Å². The molecule has 118 valence electrons. The lowest BCUT2D eigenvalue weighted by Crippen LogP contribution is -2.44. The Morgan fingerprint density at radius 2 is 2.05 bits per heavy atom. The minimum atomic E-state index is -0.135. The van der Waals surface area contributed by atoms with Crippen molar-refractivity contribution in [1.29, 1.82) is 0 Å². The topological polar surface area (TPSA) is 58.4 Å². The Labute approximate surface area is 130 Å². The third kappa shape index (κ3) is 2.51. The van der Waals surface area contributed by atoms with Gasteiger partial charge in [-0.05, 0) is 31.7 Å². The minimum Gasteiger partial charge on any atom is -0.340 e. The van der Waals surface area contributed by atoms with E-state index in [1.165, 1.54) is 0 Å². The number of piperidine rings is 1. The maximum Gasteiger partial charge on any atom is 0.228 e. The fraction of sp³-hybridized carbons (Fsp3) is 0.688. The molecule has 1 aromatic rings. The molecular formula is C16H22N4O2. The predicted octanol–water partition coefficient (Wildman–Crippen LogP) is 1.06. The van der Waals surface area contributed by atoms with Crippen LogP contribution in [0.3, 0.4) is 0 Å². The Kier molecular flexibility index (Phi) is 3.39. The highest BCUT2D eigenvalue weighted by Gasteiger charge is 2.43. The largest absolute Gasteiger partial charge is 0.340 e. The van der Waals surface area contributed by atoms with E-state index in [4.69, 9.17) is 0 Å². The predicted molar refractivity (Wildman–Crippen MR) is 79.9 cm³/mol. The number of carbonyl (C=O) groups excluding carboxylic acids is 2. The van der Waals surface area contributed by atoms with Crippen LogP contribution in [0.2, 0.25) is 0 Å². The number of amides is 2. The Bertz CT molecular complexity index is 567. The number of likely N-dealkylation sites (tertiary alicyclic amines) is 2. The van der Waals surface area contributed by atoms with Crippen molar-refractivity contribution in [2.45, 2.75) is 44.2 Å². The van der Waals surface area contributed by atoms with Gasteiger partial charge in [0.1, 0.15) is 0 Å². The highest BCUT2D eigenvalue weighted by molar-refractivity contribution is 5.89. The van der Waals surface area contributed by atoms with E-state index < -0.39 is 0 Å². The molecule has 6 nitrogen and oxygen atoms in total. The second-order valence-electron chi connectivity index (χ2n) is 6.74. The van der Waals surface area contributed by atoms with E-state index in [0.717, 1.165) is 32.2 Å². The van der Waals surface area contributed by atoms with Crippen molar-refractivity contribution in [1.82, 2.24) is 19.6 Å².